The van der Waals surface area contributed by atoms with E-state index in [4.69, 9.17) is 11.0 Å². The molecule has 0 spiro atoms. The minimum absolute atomic E-state index is 0.185. The standard InChI is InChI=1S/C29H35N2/c1-18(2)23-12-11-13-24(19(3)4)28(23)31-27-15-10-9-14-26(27)30(8)29(31)25-17-21(6)20(5)16-22(25)7/h9-19H,1-8H3/q+1/i5D3,6D3,18D,19D. The van der Waals surface area contributed by atoms with E-state index in [2.05, 4.69) is 0 Å². The smallest absolute Gasteiger partial charge is 0.225 e. The summed E-state index contributed by atoms with van der Waals surface area (Å²) in [6, 6.07) is 16.4. The highest BCUT2D eigenvalue weighted by Gasteiger charge is 2.31. The fraction of sp³-hybridized carbons (Fsp3) is 0.345. The van der Waals surface area contributed by atoms with Gasteiger partial charge in [-0.25, -0.2) is 4.57 Å². The Hall–Kier alpha value is -2.87. The predicted octanol–water partition coefficient (Wildman–Crippen LogP) is 7.29. The molecule has 0 bridgehead atoms. The molecule has 0 aliphatic carbocycles. The molecule has 0 N–H and O–H groups in total. The van der Waals surface area contributed by atoms with Gasteiger partial charge in [-0.05, 0) is 67.3 Å². The Kier molecular flexibility index (Phi) is 3.49. The molecule has 0 fully saturated rings. The van der Waals surface area contributed by atoms with Gasteiger partial charge in [0.05, 0.1) is 12.6 Å². The molecule has 2 heteroatoms. The Labute approximate surface area is 198 Å². The summed E-state index contributed by atoms with van der Waals surface area (Å²) in [5, 5.41) is 0. The van der Waals surface area contributed by atoms with E-state index in [-0.39, 0.29) is 11.1 Å². The van der Waals surface area contributed by atoms with Crippen molar-refractivity contribution in [2.24, 2.45) is 7.05 Å². The molecule has 0 amide bonds. The molecule has 0 unspecified atom stereocenters. The van der Waals surface area contributed by atoms with Crippen LogP contribution in [0.4, 0.5) is 0 Å². The molecule has 0 saturated heterocycles. The Balaban J connectivity index is 2.27. The third-order valence-corrected chi connectivity index (χ3v) is 5.96. The van der Waals surface area contributed by atoms with Crippen LogP contribution in [0.2, 0.25) is 0 Å². The second kappa shape index (κ2) is 8.00. The summed E-state index contributed by atoms with van der Waals surface area (Å²) in [5.74, 6) is -1.39. The summed E-state index contributed by atoms with van der Waals surface area (Å²) in [7, 11) is 1.89. The molecule has 0 atom stereocenters. The van der Waals surface area contributed by atoms with Gasteiger partial charge in [-0.15, -0.1) is 0 Å². The summed E-state index contributed by atoms with van der Waals surface area (Å²) < 4.78 is 70.4. The van der Waals surface area contributed by atoms with Crippen molar-refractivity contribution in [2.75, 3.05) is 0 Å². The van der Waals surface area contributed by atoms with Crippen LogP contribution in [-0.4, -0.2) is 4.57 Å². The van der Waals surface area contributed by atoms with Crippen molar-refractivity contribution >= 4 is 11.0 Å². The SMILES string of the molecule is [2H]C([2H])([2H])c1cc(C)c(-c2n(-c3c(C([2H])(C)C)cccc3C([2H])(C)C)c3ccccc3[n+]2C)cc1C([2H])([2H])[2H]. The van der Waals surface area contributed by atoms with Gasteiger partial charge in [0.15, 0.2) is 11.0 Å². The lowest BCUT2D eigenvalue weighted by Gasteiger charge is -2.19. The van der Waals surface area contributed by atoms with E-state index in [1.54, 1.807) is 34.6 Å². The van der Waals surface area contributed by atoms with Crippen molar-refractivity contribution in [3.8, 4) is 17.1 Å². The van der Waals surface area contributed by atoms with Crippen LogP contribution < -0.4 is 4.57 Å². The lowest BCUT2D eigenvalue weighted by Crippen LogP contribution is -2.30. The van der Waals surface area contributed by atoms with E-state index >= 15 is 0 Å². The van der Waals surface area contributed by atoms with Gasteiger partial charge in [0.2, 0.25) is 0 Å². The monoisotopic (exact) mass is 419 g/mol. The lowest BCUT2D eigenvalue weighted by molar-refractivity contribution is -0.633. The predicted molar refractivity (Wildman–Crippen MR) is 132 cm³/mol. The molecule has 0 aliphatic heterocycles. The molecule has 4 rings (SSSR count). The minimum atomic E-state index is -2.64. The summed E-state index contributed by atoms with van der Waals surface area (Å²) in [6.07, 6.45) is 0. The van der Waals surface area contributed by atoms with Crippen LogP contribution in [0.25, 0.3) is 28.1 Å². The number of rotatable bonds is 4. The van der Waals surface area contributed by atoms with Crippen molar-refractivity contribution in [2.45, 2.75) is 60.1 Å². The Morgan fingerprint density at radius 2 is 1.45 bits per heavy atom. The number of nitrogens with zero attached hydrogens (tertiary/aromatic N) is 2. The average molecular weight is 420 g/mol. The molecule has 31 heavy (non-hydrogen) atoms. The number of para-hydroxylation sites is 3. The number of aromatic nitrogens is 2. The third-order valence-electron chi connectivity index (χ3n) is 5.96. The molecule has 2 nitrogen and oxygen atoms in total. The number of fused-ring (bicyclic) bond motifs is 1. The second-order valence-electron chi connectivity index (χ2n) is 8.62. The average Bonchev–Trinajstić information content (AvgIpc) is 3.08. The van der Waals surface area contributed by atoms with Crippen LogP contribution in [0.1, 0.15) is 78.3 Å². The molecule has 0 aliphatic rings. The Morgan fingerprint density at radius 3 is 2.06 bits per heavy atom. The van der Waals surface area contributed by atoms with Gasteiger partial charge in [-0.2, -0.15) is 4.57 Å². The highest BCUT2D eigenvalue weighted by atomic mass is 15.2. The maximum atomic E-state index is 8.99. The van der Waals surface area contributed by atoms with Crippen LogP contribution in [-0.2, 0) is 7.05 Å². The van der Waals surface area contributed by atoms with Gasteiger partial charge >= 0.3 is 0 Å². The quantitative estimate of drug-likeness (QED) is 0.307. The van der Waals surface area contributed by atoms with Crippen molar-refractivity contribution in [3.63, 3.8) is 0 Å². The van der Waals surface area contributed by atoms with E-state index in [1.165, 1.54) is 12.1 Å². The van der Waals surface area contributed by atoms with Gasteiger partial charge in [0.25, 0.3) is 5.82 Å². The molecule has 0 saturated carbocycles. The maximum Gasteiger partial charge on any atom is 0.295 e. The zero-order chi connectivity index (χ0) is 29.3. The minimum Gasteiger partial charge on any atom is -0.225 e. The Bertz CT molecular complexity index is 1530. The Morgan fingerprint density at radius 1 is 0.839 bits per heavy atom. The van der Waals surface area contributed by atoms with E-state index in [9.17, 15) is 0 Å². The first-order valence-corrected chi connectivity index (χ1v) is 10.5. The molecule has 4 aromatic rings. The van der Waals surface area contributed by atoms with Crippen molar-refractivity contribution < 1.29 is 15.5 Å². The molecular weight excluding hydrogens is 376 g/mol. The first-order valence-electron chi connectivity index (χ1n) is 14.5. The molecule has 0 radical (unpaired) electrons. The number of aryl methyl sites for hydroxylation is 4. The summed E-state index contributed by atoms with van der Waals surface area (Å²) in [4.78, 5) is 0. The molecule has 1 heterocycles. The number of imidazole rings is 1. The van der Waals surface area contributed by atoms with E-state index < -0.39 is 25.5 Å². The van der Waals surface area contributed by atoms with E-state index in [0.717, 1.165) is 22.2 Å². The summed E-state index contributed by atoms with van der Waals surface area (Å²) >= 11 is 0. The fourth-order valence-corrected chi connectivity index (χ4v) is 4.38. The van der Waals surface area contributed by atoms with Gasteiger partial charge in [-0.3, -0.25) is 0 Å². The second-order valence-corrected chi connectivity index (χ2v) is 8.62. The number of benzene rings is 3. The third kappa shape index (κ3) is 3.48. The normalized spacial score (nSPS) is 17.1. The van der Waals surface area contributed by atoms with Crippen molar-refractivity contribution in [1.29, 1.82) is 0 Å². The van der Waals surface area contributed by atoms with Crippen LogP contribution in [0, 0.1) is 20.6 Å². The van der Waals surface area contributed by atoms with Gasteiger partial charge in [0, 0.05) is 22.1 Å². The van der Waals surface area contributed by atoms with Crippen LogP contribution >= 0.6 is 0 Å². The van der Waals surface area contributed by atoms with E-state index in [1.807, 2.05) is 58.6 Å². The molecule has 1 aromatic heterocycles. The molecule has 160 valence electrons. The first-order chi connectivity index (χ1) is 17.7. The highest BCUT2D eigenvalue weighted by Crippen LogP contribution is 2.37. The largest absolute Gasteiger partial charge is 0.295 e. The maximum absolute atomic E-state index is 8.99. The van der Waals surface area contributed by atoms with Gasteiger partial charge < -0.3 is 0 Å². The zero-order valence-corrected chi connectivity index (χ0v) is 19.1. The van der Waals surface area contributed by atoms with Crippen molar-refractivity contribution in [1.82, 2.24) is 4.57 Å². The summed E-state index contributed by atoms with van der Waals surface area (Å²) in [5.41, 5.74) is 4.61. The van der Waals surface area contributed by atoms with Gasteiger partial charge in [0.1, 0.15) is 5.69 Å². The highest BCUT2D eigenvalue weighted by molar-refractivity contribution is 5.81. The molecule has 3 aromatic carbocycles. The van der Waals surface area contributed by atoms with E-state index in [0.29, 0.717) is 22.6 Å². The lowest BCUT2D eigenvalue weighted by atomic mass is 9.92. The topological polar surface area (TPSA) is 8.81 Å². The number of hydrogen-bond donors (Lipinski definition) is 0. The van der Waals surface area contributed by atoms with Crippen LogP contribution in [0.15, 0.2) is 54.6 Å². The fourth-order valence-electron chi connectivity index (χ4n) is 4.38. The molecular formula is C29H35N2+. The van der Waals surface area contributed by atoms with Gasteiger partial charge in [-0.1, -0.05) is 64.1 Å². The van der Waals surface area contributed by atoms with Crippen molar-refractivity contribution in [3.05, 3.63) is 82.4 Å². The number of hydrogen-bond acceptors (Lipinski definition) is 0. The first kappa shape index (κ1) is 13.5. The zero-order valence-electron chi connectivity index (χ0n) is 27.1. The summed E-state index contributed by atoms with van der Waals surface area (Å²) in [6.45, 7) is 3.78. The van der Waals surface area contributed by atoms with Crippen LogP contribution in [0.3, 0.4) is 0 Å². The van der Waals surface area contributed by atoms with Crippen LogP contribution in [0.5, 0.6) is 0 Å².